The van der Waals surface area contributed by atoms with Crippen molar-refractivity contribution in [2.75, 3.05) is 18.1 Å². The van der Waals surface area contributed by atoms with Crippen LogP contribution in [0.2, 0.25) is 5.02 Å². The van der Waals surface area contributed by atoms with Gasteiger partial charge >= 0.3 is 5.97 Å². The number of ether oxygens (including phenoxy) is 2. The second-order valence-corrected chi connectivity index (χ2v) is 9.68. The van der Waals surface area contributed by atoms with Gasteiger partial charge in [0.2, 0.25) is 0 Å². The Morgan fingerprint density at radius 3 is 2.32 bits per heavy atom. The number of benzene rings is 3. The van der Waals surface area contributed by atoms with E-state index in [4.69, 9.17) is 31.2 Å². The van der Waals surface area contributed by atoms with Crippen LogP contribution in [0.1, 0.15) is 23.6 Å². The van der Waals surface area contributed by atoms with Crippen LogP contribution >= 0.6 is 23.4 Å². The minimum atomic E-state index is -1.13. The number of nitrogens with zero attached hydrogens (tertiary/aromatic N) is 2. The molecule has 0 aliphatic carbocycles. The number of hydrogen-bond acceptors (Lipinski definition) is 6. The van der Waals surface area contributed by atoms with Crippen molar-refractivity contribution in [2.45, 2.75) is 20.8 Å². The van der Waals surface area contributed by atoms with E-state index >= 15 is 0 Å². The molecule has 1 aliphatic heterocycles. The van der Waals surface area contributed by atoms with Crippen LogP contribution in [0.15, 0.2) is 70.6 Å². The number of amidine groups is 1. The summed E-state index contributed by atoms with van der Waals surface area (Å²) in [4.78, 5) is 31.3. The summed E-state index contributed by atoms with van der Waals surface area (Å²) in [5.74, 6) is -0.918. The molecule has 3 aromatic rings. The van der Waals surface area contributed by atoms with E-state index in [1.165, 1.54) is 11.8 Å². The Kier molecular flexibility index (Phi) is 8.21. The minimum Gasteiger partial charge on any atom is -0.490 e. The number of rotatable bonds is 8. The monoisotopic (exact) mass is 536 g/mol. The van der Waals surface area contributed by atoms with Gasteiger partial charge in [0.1, 0.15) is 0 Å². The number of thioether (sulfide) groups is 1. The van der Waals surface area contributed by atoms with Gasteiger partial charge < -0.3 is 14.6 Å². The number of aliphatic carboxylic acids is 1. The van der Waals surface area contributed by atoms with Crippen LogP contribution in [0.25, 0.3) is 6.08 Å². The van der Waals surface area contributed by atoms with Gasteiger partial charge in [-0.3, -0.25) is 9.69 Å². The Bertz CT molecular complexity index is 1380. The molecule has 0 atom stereocenters. The summed E-state index contributed by atoms with van der Waals surface area (Å²) in [5.41, 5.74) is 4.25. The summed E-state index contributed by atoms with van der Waals surface area (Å²) in [7, 11) is 0. The van der Waals surface area contributed by atoms with Gasteiger partial charge in [-0.25, -0.2) is 9.79 Å². The molecule has 1 fully saturated rings. The number of hydrogen-bond donors (Lipinski definition) is 1. The number of aliphatic imine (C=N–C) groups is 1. The number of carboxylic acid groups (broad SMARTS) is 1. The lowest BCUT2D eigenvalue weighted by molar-refractivity contribution is -0.139. The fourth-order valence-corrected chi connectivity index (χ4v) is 4.83. The van der Waals surface area contributed by atoms with Crippen LogP contribution < -0.4 is 14.4 Å². The SMILES string of the molecule is CCOc1cc(/C=C2\SC(=Nc3ccc(C)cc3)N(c3ccc(C)cc3)C2=O)cc(Cl)c1OCC(=O)O. The van der Waals surface area contributed by atoms with E-state index in [1.807, 2.05) is 62.4 Å². The number of halogens is 1. The zero-order chi connectivity index (χ0) is 26.5. The van der Waals surface area contributed by atoms with Crippen molar-refractivity contribution < 1.29 is 24.2 Å². The minimum absolute atomic E-state index is 0.140. The van der Waals surface area contributed by atoms with Gasteiger partial charge in [0.15, 0.2) is 23.3 Å². The van der Waals surface area contributed by atoms with Crippen molar-refractivity contribution in [1.29, 1.82) is 0 Å². The lowest BCUT2D eigenvalue weighted by Gasteiger charge is -2.16. The molecule has 0 spiro atoms. The first-order valence-corrected chi connectivity index (χ1v) is 12.7. The maximum absolute atomic E-state index is 13.6. The van der Waals surface area contributed by atoms with Crippen molar-refractivity contribution in [3.8, 4) is 11.5 Å². The lowest BCUT2D eigenvalue weighted by atomic mass is 10.1. The van der Waals surface area contributed by atoms with Crippen molar-refractivity contribution >= 4 is 57.9 Å². The second kappa shape index (κ2) is 11.5. The maximum Gasteiger partial charge on any atom is 0.341 e. The molecule has 37 heavy (non-hydrogen) atoms. The molecule has 0 saturated carbocycles. The summed E-state index contributed by atoms with van der Waals surface area (Å²) in [5, 5.41) is 9.67. The summed E-state index contributed by atoms with van der Waals surface area (Å²) in [6.07, 6.45) is 1.71. The van der Waals surface area contributed by atoms with Crippen LogP contribution in [-0.2, 0) is 9.59 Å². The Morgan fingerprint density at radius 2 is 1.70 bits per heavy atom. The van der Waals surface area contributed by atoms with Crippen LogP contribution in [0.4, 0.5) is 11.4 Å². The van der Waals surface area contributed by atoms with Gasteiger partial charge in [-0.15, -0.1) is 0 Å². The number of carboxylic acids is 1. The molecule has 1 heterocycles. The van der Waals surface area contributed by atoms with Gasteiger partial charge in [0.05, 0.1) is 27.9 Å². The van der Waals surface area contributed by atoms with E-state index < -0.39 is 12.6 Å². The number of aryl methyl sites for hydroxylation is 2. The predicted octanol–water partition coefficient (Wildman–Crippen LogP) is 6.63. The predicted molar refractivity (Wildman–Crippen MR) is 148 cm³/mol. The molecule has 190 valence electrons. The topological polar surface area (TPSA) is 88.4 Å². The first-order valence-electron chi connectivity index (χ1n) is 11.5. The Balaban J connectivity index is 1.74. The van der Waals surface area contributed by atoms with E-state index in [-0.39, 0.29) is 16.7 Å². The first kappa shape index (κ1) is 26.3. The number of carbonyl (C=O) groups is 2. The van der Waals surface area contributed by atoms with E-state index in [1.54, 1.807) is 30.0 Å². The van der Waals surface area contributed by atoms with Crippen molar-refractivity contribution in [1.82, 2.24) is 0 Å². The van der Waals surface area contributed by atoms with Crippen LogP contribution in [-0.4, -0.2) is 35.4 Å². The summed E-state index contributed by atoms with van der Waals surface area (Å²) in [6.45, 7) is 5.55. The normalized spacial score (nSPS) is 15.5. The molecule has 0 aromatic heterocycles. The third-order valence-corrected chi connectivity index (χ3v) is 6.58. The highest BCUT2D eigenvalue weighted by atomic mass is 35.5. The number of amides is 1. The van der Waals surface area contributed by atoms with Crippen LogP contribution in [0.3, 0.4) is 0 Å². The molecule has 0 bridgehead atoms. The summed E-state index contributed by atoms with van der Waals surface area (Å²) >= 11 is 7.67. The largest absolute Gasteiger partial charge is 0.490 e. The standard InChI is InChI=1S/C28H25ClN2O5S/c1-4-35-23-14-19(13-22(29)26(23)36-16-25(32)33)15-24-27(34)31(21-11-7-18(3)8-12-21)28(37-24)30-20-9-5-17(2)6-10-20/h5-15H,4,16H2,1-3H3,(H,32,33)/b24-15-,30-28?. The molecule has 1 saturated heterocycles. The Labute approximate surface area is 224 Å². The summed E-state index contributed by atoms with van der Waals surface area (Å²) < 4.78 is 11.0. The highest BCUT2D eigenvalue weighted by Gasteiger charge is 2.35. The van der Waals surface area contributed by atoms with Crippen LogP contribution in [0.5, 0.6) is 11.5 Å². The quantitative estimate of drug-likeness (QED) is 0.325. The first-order chi connectivity index (χ1) is 17.7. The van der Waals surface area contributed by atoms with Crippen molar-refractivity contribution in [3.63, 3.8) is 0 Å². The van der Waals surface area contributed by atoms with E-state index in [0.29, 0.717) is 33.7 Å². The van der Waals surface area contributed by atoms with Gasteiger partial charge in [-0.05, 0) is 80.6 Å². The molecule has 1 amide bonds. The zero-order valence-electron chi connectivity index (χ0n) is 20.5. The van der Waals surface area contributed by atoms with E-state index in [0.717, 1.165) is 16.8 Å². The molecule has 3 aromatic carbocycles. The van der Waals surface area contributed by atoms with Gasteiger partial charge in [0.25, 0.3) is 5.91 Å². The van der Waals surface area contributed by atoms with E-state index in [2.05, 4.69) is 0 Å². The van der Waals surface area contributed by atoms with Crippen LogP contribution in [0, 0.1) is 13.8 Å². The second-order valence-electron chi connectivity index (χ2n) is 8.26. The van der Waals surface area contributed by atoms with Gasteiger partial charge in [-0.2, -0.15) is 0 Å². The molecule has 9 heteroatoms. The molecular formula is C28H25ClN2O5S. The Hall–Kier alpha value is -3.75. The molecule has 4 rings (SSSR count). The lowest BCUT2D eigenvalue weighted by Crippen LogP contribution is -2.28. The molecule has 0 radical (unpaired) electrons. The van der Waals surface area contributed by atoms with Gasteiger partial charge in [-0.1, -0.05) is 47.0 Å². The molecule has 1 N–H and O–H groups in total. The number of anilines is 1. The third-order valence-electron chi connectivity index (χ3n) is 5.33. The summed E-state index contributed by atoms with van der Waals surface area (Å²) in [6, 6.07) is 18.7. The average molecular weight is 537 g/mol. The number of carbonyl (C=O) groups excluding carboxylic acids is 1. The third kappa shape index (κ3) is 6.34. The molecule has 1 aliphatic rings. The molecule has 7 nitrogen and oxygen atoms in total. The molecular weight excluding hydrogens is 512 g/mol. The maximum atomic E-state index is 13.6. The van der Waals surface area contributed by atoms with Gasteiger partial charge in [0, 0.05) is 0 Å². The highest BCUT2D eigenvalue weighted by molar-refractivity contribution is 8.19. The molecule has 0 unspecified atom stereocenters. The van der Waals surface area contributed by atoms with E-state index in [9.17, 15) is 9.59 Å². The fourth-order valence-electron chi connectivity index (χ4n) is 3.56. The van der Waals surface area contributed by atoms with Crippen molar-refractivity contribution in [2.24, 2.45) is 4.99 Å². The Morgan fingerprint density at radius 1 is 1.05 bits per heavy atom. The fraction of sp³-hybridized carbons (Fsp3) is 0.179. The zero-order valence-corrected chi connectivity index (χ0v) is 22.1. The van der Waals surface area contributed by atoms with Crippen molar-refractivity contribution in [3.05, 3.63) is 87.3 Å². The highest BCUT2D eigenvalue weighted by Crippen LogP contribution is 2.40. The smallest absolute Gasteiger partial charge is 0.341 e. The average Bonchev–Trinajstić information content (AvgIpc) is 3.15.